The molecule has 0 radical (unpaired) electrons. The first-order valence-corrected chi connectivity index (χ1v) is 21.5. The Kier molecular flexibility index (Phi) is 25.3. The number of nitrogens with zero attached hydrogens (tertiary/aromatic N) is 2. The van der Waals surface area contributed by atoms with E-state index in [9.17, 15) is 4.79 Å². The number of ether oxygens (including phenoxy) is 13. The number of rotatable bonds is 40. The standard InChI is InChI=1S/C46H64N2O14/c49-46(43-9-7-41-5-4-39-2-1-3-40-6-8-42(43)45(41)44(39)40)62-37-36-61-35-34-60-33-32-59-31-30-58-29-28-57-27-26-56-25-24-55-23-22-54-21-20-53-19-18-52-17-16-51-15-14-50-13-12-48-11-10-47-38-48/h1-11,38H,12-37H2. The zero-order valence-electron chi connectivity index (χ0n) is 35.9. The second-order valence-electron chi connectivity index (χ2n) is 13.8. The molecule has 0 atom stereocenters. The topological polar surface area (TPSA) is 155 Å². The molecule has 0 saturated carbocycles. The number of hydrogen-bond donors (Lipinski definition) is 0. The Morgan fingerprint density at radius 3 is 1.16 bits per heavy atom. The van der Waals surface area contributed by atoms with Gasteiger partial charge in [0.1, 0.15) is 6.61 Å². The van der Waals surface area contributed by atoms with Crippen LogP contribution in [-0.2, 0) is 68.1 Å². The number of hydrogen-bond acceptors (Lipinski definition) is 15. The highest BCUT2D eigenvalue weighted by atomic mass is 16.6. The summed E-state index contributed by atoms with van der Waals surface area (Å²) in [6.07, 6.45) is 5.43. The lowest BCUT2D eigenvalue weighted by Crippen LogP contribution is -2.16. The molecule has 342 valence electrons. The van der Waals surface area contributed by atoms with Crippen LogP contribution in [0.15, 0.2) is 73.3 Å². The van der Waals surface area contributed by atoms with Crippen molar-refractivity contribution in [3.05, 3.63) is 78.9 Å². The van der Waals surface area contributed by atoms with Crippen LogP contribution < -0.4 is 0 Å². The van der Waals surface area contributed by atoms with Gasteiger partial charge in [-0.2, -0.15) is 0 Å². The Morgan fingerprint density at radius 1 is 0.403 bits per heavy atom. The highest BCUT2D eigenvalue weighted by Gasteiger charge is 2.16. The molecule has 0 bridgehead atoms. The molecule has 0 aliphatic rings. The fraction of sp³-hybridized carbons (Fsp3) is 0.565. The van der Waals surface area contributed by atoms with Crippen LogP contribution >= 0.6 is 0 Å². The van der Waals surface area contributed by atoms with Crippen LogP contribution in [0.5, 0.6) is 0 Å². The first-order valence-electron chi connectivity index (χ1n) is 21.5. The summed E-state index contributed by atoms with van der Waals surface area (Å²) in [4.78, 5) is 16.9. The molecule has 0 amide bonds. The van der Waals surface area contributed by atoms with Crippen molar-refractivity contribution in [2.45, 2.75) is 6.54 Å². The van der Waals surface area contributed by atoms with Crippen molar-refractivity contribution in [2.24, 2.45) is 0 Å². The average Bonchev–Trinajstić information content (AvgIpc) is 3.82. The molecular formula is C46H64N2O14. The van der Waals surface area contributed by atoms with Crippen LogP contribution in [0.3, 0.4) is 0 Å². The van der Waals surface area contributed by atoms with Gasteiger partial charge in [-0.15, -0.1) is 0 Å². The predicted molar refractivity (Wildman–Crippen MR) is 232 cm³/mol. The van der Waals surface area contributed by atoms with Crippen molar-refractivity contribution in [1.29, 1.82) is 0 Å². The van der Waals surface area contributed by atoms with Gasteiger partial charge in [0.2, 0.25) is 0 Å². The Balaban J connectivity index is 0.678. The summed E-state index contributed by atoms with van der Waals surface area (Å²) in [7, 11) is 0. The summed E-state index contributed by atoms with van der Waals surface area (Å²) >= 11 is 0. The van der Waals surface area contributed by atoms with Crippen LogP contribution in [0, 0.1) is 0 Å². The maximum atomic E-state index is 12.9. The van der Waals surface area contributed by atoms with E-state index in [1.165, 1.54) is 5.39 Å². The van der Waals surface area contributed by atoms with Gasteiger partial charge in [0.25, 0.3) is 0 Å². The quantitative estimate of drug-likeness (QED) is 0.0300. The van der Waals surface area contributed by atoms with Crippen molar-refractivity contribution >= 4 is 38.3 Å². The second kappa shape index (κ2) is 31.9. The Bertz CT molecular complexity index is 1850. The monoisotopic (exact) mass is 868 g/mol. The van der Waals surface area contributed by atoms with E-state index in [2.05, 4.69) is 41.4 Å². The minimum atomic E-state index is -0.356. The van der Waals surface area contributed by atoms with Crippen LogP contribution in [-0.4, -0.2) is 181 Å². The Labute approximate surface area is 364 Å². The van der Waals surface area contributed by atoms with Crippen molar-refractivity contribution in [3.8, 4) is 0 Å². The lowest BCUT2D eigenvalue weighted by Gasteiger charge is -2.13. The van der Waals surface area contributed by atoms with Gasteiger partial charge in [0, 0.05) is 18.9 Å². The lowest BCUT2D eigenvalue weighted by molar-refractivity contribution is -0.0288. The molecule has 4 aromatic carbocycles. The highest BCUT2D eigenvalue weighted by molar-refractivity contribution is 6.25. The molecule has 5 rings (SSSR count). The van der Waals surface area contributed by atoms with Crippen molar-refractivity contribution in [3.63, 3.8) is 0 Å². The zero-order chi connectivity index (χ0) is 43.0. The molecule has 0 fully saturated rings. The Hall–Kier alpha value is -3.88. The number of aromatic nitrogens is 2. The summed E-state index contributed by atoms with van der Waals surface area (Å²) in [6.45, 7) is 12.6. The lowest BCUT2D eigenvalue weighted by atomic mass is 9.92. The predicted octanol–water partition coefficient (Wildman–Crippen LogP) is 4.84. The molecule has 1 aromatic heterocycles. The fourth-order valence-corrected chi connectivity index (χ4v) is 6.29. The summed E-state index contributed by atoms with van der Waals surface area (Å²) in [5, 5.41) is 6.58. The molecule has 0 aliphatic heterocycles. The van der Waals surface area contributed by atoms with Gasteiger partial charge in [-0.05, 0) is 38.4 Å². The maximum Gasteiger partial charge on any atom is 0.338 e. The molecule has 0 saturated heterocycles. The molecule has 1 heterocycles. The third-order valence-corrected chi connectivity index (χ3v) is 9.35. The third-order valence-electron chi connectivity index (χ3n) is 9.35. The summed E-state index contributed by atoms with van der Waals surface area (Å²) in [5.41, 5.74) is 0.559. The number of imidazole rings is 1. The summed E-state index contributed by atoms with van der Waals surface area (Å²) in [6, 6.07) is 18.3. The number of benzene rings is 4. The van der Waals surface area contributed by atoms with Crippen molar-refractivity contribution in [2.75, 3.05) is 165 Å². The van der Waals surface area contributed by atoms with Gasteiger partial charge in [0.15, 0.2) is 0 Å². The van der Waals surface area contributed by atoms with E-state index in [1.54, 1.807) is 12.5 Å². The van der Waals surface area contributed by atoms with Gasteiger partial charge in [-0.1, -0.05) is 48.5 Å². The van der Waals surface area contributed by atoms with Gasteiger partial charge >= 0.3 is 5.97 Å². The number of carbonyl (C=O) groups excluding carboxylic acids is 1. The largest absolute Gasteiger partial charge is 0.460 e. The molecule has 0 N–H and O–H groups in total. The molecule has 16 nitrogen and oxygen atoms in total. The second-order valence-corrected chi connectivity index (χ2v) is 13.8. The average molecular weight is 869 g/mol. The molecule has 0 aliphatic carbocycles. The van der Waals surface area contributed by atoms with E-state index in [0.29, 0.717) is 164 Å². The SMILES string of the molecule is O=C(OCCOCCOCCOCCOCCOCCOCCOCCOCCOCCOCCOCCOCCn1ccnc1)c1ccc2ccc3cccc4ccc1c2c34. The van der Waals surface area contributed by atoms with E-state index in [1.807, 2.05) is 29.0 Å². The van der Waals surface area contributed by atoms with Crippen LogP contribution in [0.2, 0.25) is 0 Å². The summed E-state index contributed by atoms with van der Waals surface area (Å²) in [5.74, 6) is -0.356. The minimum Gasteiger partial charge on any atom is -0.460 e. The summed E-state index contributed by atoms with van der Waals surface area (Å²) < 4.78 is 73.7. The maximum absolute atomic E-state index is 12.9. The van der Waals surface area contributed by atoms with E-state index < -0.39 is 0 Å². The smallest absolute Gasteiger partial charge is 0.338 e. The fourth-order valence-electron chi connectivity index (χ4n) is 6.29. The van der Waals surface area contributed by atoms with Crippen LogP contribution in [0.4, 0.5) is 0 Å². The van der Waals surface area contributed by atoms with E-state index >= 15 is 0 Å². The molecule has 5 aromatic rings. The highest BCUT2D eigenvalue weighted by Crippen LogP contribution is 2.36. The van der Waals surface area contributed by atoms with E-state index in [0.717, 1.165) is 33.5 Å². The first-order chi connectivity index (χ1) is 30.8. The van der Waals surface area contributed by atoms with Crippen molar-refractivity contribution < 1.29 is 66.4 Å². The Morgan fingerprint density at radius 2 is 0.758 bits per heavy atom. The molecule has 0 spiro atoms. The minimum absolute atomic E-state index is 0.165. The van der Waals surface area contributed by atoms with Gasteiger partial charge in [-0.25, -0.2) is 9.78 Å². The van der Waals surface area contributed by atoms with Crippen LogP contribution in [0.1, 0.15) is 10.4 Å². The van der Waals surface area contributed by atoms with E-state index in [-0.39, 0.29) is 12.6 Å². The van der Waals surface area contributed by atoms with Crippen LogP contribution in [0.25, 0.3) is 32.3 Å². The van der Waals surface area contributed by atoms with Gasteiger partial charge < -0.3 is 66.1 Å². The molecule has 0 unspecified atom stereocenters. The molecule has 62 heavy (non-hydrogen) atoms. The van der Waals surface area contributed by atoms with E-state index in [4.69, 9.17) is 61.6 Å². The van der Waals surface area contributed by atoms with Gasteiger partial charge in [0.05, 0.1) is 170 Å². The number of esters is 1. The molecular weight excluding hydrogens is 805 g/mol. The molecule has 16 heteroatoms. The number of carbonyl (C=O) groups is 1. The van der Waals surface area contributed by atoms with Crippen molar-refractivity contribution in [1.82, 2.24) is 9.55 Å². The first kappa shape index (κ1) is 49.1. The zero-order valence-corrected chi connectivity index (χ0v) is 35.9. The third kappa shape index (κ3) is 19.2. The normalized spacial score (nSPS) is 11.8. The van der Waals surface area contributed by atoms with Gasteiger partial charge in [-0.3, -0.25) is 0 Å².